The lowest BCUT2D eigenvalue weighted by atomic mass is 10.2. The van der Waals surface area contributed by atoms with Crippen LogP contribution in [0.5, 0.6) is 0 Å². The lowest BCUT2D eigenvalue weighted by Gasteiger charge is -2.06. The van der Waals surface area contributed by atoms with Crippen LogP contribution in [0.15, 0.2) is 53.7 Å². The molecule has 1 amide bonds. The third-order valence-electron chi connectivity index (χ3n) is 2.95. The summed E-state index contributed by atoms with van der Waals surface area (Å²) in [7, 11) is -3.65. The molecular formula is C15H15ClN2O3S. The summed E-state index contributed by atoms with van der Waals surface area (Å²) >= 11 is 5.72. The number of amides is 1. The Hall–Kier alpha value is -1.92. The number of pyridine rings is 1. The standard InChI is InChI=1S/C15H15ClN2O3S/c16-13-3-5-14(6-4-13)22(20,21)11-15(19)18-9-7-12-2-1-8-17-10-12/h1-6,8,10H,7,9,11H2,(H,18,19). The number of halogens is 1. The van der Waals surface area contributed by atoms with Crippen LogP contribution in [-0.2, 0) is 21.1 Å². The van der Waals surface area contributed by atoms with Gasteiger partial charge in [-0.25, -0.2) is 8.42 Å². The fourth-order valence-electron chi connectivity index (χ4n) is 1.84. The van der Waals surface area contributed by atoms with E-state index in [1.807, 2.05) is 12.1 Å². The smallest absolute Gasteiger partial charge is 0.235 e. The first kappa shape index (κ1) is 16.5. The zero-order valence-corrected chi connectivity index (χ0v) is 13.3. The van der Waals surface area contributed by atoms with Crippen molar-refractivity contribution in [1.82, 2.24) is 10.3 Å². The molecule has 1 N–H and O–H groups in total. The third kappa shape index (κ3) is 4.82. The Bertz CT molecular complexity index is 731. The van der Waals surface area contributed by atoms with Crippen LogP contribution in [0.25, 0.3) is 0 Å². The van der Waals surface area contributed by atoms with Gasteiger partial charge in [0, 0.05) is 24.0 Å². The van der Waals surface area contributed by atoms with E-state index in [1.165, 1.54) is 24.3 Å². The number of rotatable bonds is 6. The van der Waals surface area contributed by atoms with Crippen molar-refractivity contribution in [2.45, 2.75) is 11.3 Å². The second-order valence-electron chi connectivity index (χ2n) is 4.67. The molecule has 0 unspecified atom stereocenters. The Balaban J connectivity index is 1.87. The van der Waals surface area contributed by atoms with Gasteiger partial charge in [-0.2, -0.15) is 0 Å². The van der Waals surface area contributed by atoms with Crippen molar-refractivity contribution >= 4 is 27.3 Å². The van der Waals surface area contributed by atoms with Crippen LogP contribution in [0.2, 0.25) is 5.02 Å². The van der Waals surface area contributed by atoms with Gasteiger partial charge in [0.05, 0.1) is 4.90 Å². The van der Waals surface area contributed by atoms with Crippen LogP contribution in [-0.4, -0.2) is 31.6 Å². The predicted octanol–water partition coefficient (Wildman–Crippen LogP) is 1.87. The lowest BCUT2D eigenvalue weighted by Crippen LogP contribution is -2.31. The molecule has 0 saturated heterocycles. The minimum absolute atomic E-state index is 0.0827. The molecule has 0 atom stereocenters. The van der Waals surface area contributed by atoms with Crippen LogP contribution in [0.1, 0.15) is 5.56 Å². The maximum Gasteiger partial charge on any atom is 0.235 e. The van der Waals surface area contributed by atoms with Crippen LogP contribution in [0.3, 0.4) is 0 Å². The van der Waals surface area contributed by atoms with Crippen molar-refractivity contribution in [2.75, 3.05) is 12.3 Å². The normalized spacial score (nSPS) is 11.1. The number of nitrogens with one attached hydrogen (secondary N) is 1. The maximum atomic E-state index is 12.1. The van der Waals surface area contributed by atoms with Gasteiger partial charge in [-0.15, -0.1) is 0 Å². The number of benzene rings is 1. The maximum absolute atomic E-state index is 12.1. The molecule has 1 aromatic carbocycles. The summed E-state index contributed by atoms with van der Waals surface area (Å²) < 4.78 is 24.1. The van der Waals surface area contributed by atoms with E-state index in [1.54, 1.807) is 12.4 Å². The summed E-state index contributed by atoms with van der Waals surface area (Å²) in [6.45, 7) is 0.362. The van der Waals surface area contributed by atoms with E-state index < -0.39 is 21.5 Å². The molecule has 1 aromatic heterocycles. The minimum Gasteiger partial charge on any atom is -0.355 e. The lowest BCUT2D eigenvalue weighted by molar-refractivity contribution is -0.118. The van der Waals surface area contributed by atoms with Crippen LogP contribution in [0.4, 0.5) is 0 Å². The van der Waals surface area contributed by atoms with E-state index in [9.17, 15) is 13.2 Å². The predicted molar refractivity (Wildman–Crippen MR) is 84.5 cm³/mol. The van der Waals surface area contributed by atoms with Gasteiger partial charge >= 0.3 is 0 Å². The van der Waals surface area contributed by atoms with E-state index in [-0.39, 0.29) is 4.90 Å². The van der Waals surface area contributed by atoms with Gasteiger partial charge < -0.3 is 5.32 Å². The molecule has 0 saturated carbocycles. The van der Waals surface area contributed by atoms with Crippen LogP contribution >= 0.6 is 11.6 Å². The molecule has 5 nitrogen and oxygen atoms in total. The van der Waals surface area contributed by atoms with Gasteiger partial charge in [0.15, 0.2) is 9.84 Å². The third-order valence-corrected chi connectivity index (χ3v) is 4.84. The van der Waals surface area contributed by atoms with Gasteiger partial charge in [-0.3, -0.25) is 9.78 Å². The van der Waals surface area contributed by atoms with E-state index >= 15 is 0 Å². The highest BCUT2D eigenvalue weighted by atomic mass is 35.5. The fraction of sp³-hybridized carbons (Fsp3) is 0.200. The Morgan fingerprint density at radius 2 is 1.91 bits per heavy atom. The first-order valence-electron chi connectivity index (χ1n) is 6.61. The first-order chi connectivity index (χ1) is 10.5. The second-order valence-corrected chi connectivity index (χ2v) is 7.10. The van der Waals surface area contributed by atoms with E-state index in [0.717, 1.165) is 5.56 Å². The molecule has 0 bridgehead atoms. The van der Waals surface area contributed by atoms with Crippen molar-refractivity contribution in [3.63, 3.8) is 0 Å². The number of hydrogen-bond acceptors (Lipinski definition) is 4. The zero-order chi connectivity index (χ0) is 16.0. The molecule has 0 fully saturated rings. The van der Waals surface area contributed by atoms with Crippen molar-refractivity contribution in [3.05, 3.63) is 59.4 Å². The van der Waals surface area contributed by atoms with Crippen LogP contribution in [0, 0.1) is 0 Å². The number of hydrogen-bond donors (Lipinski definition) is 1. The molecule has 1 heterocycles. The molecule has 0 aliphatic carbocycles. The number of nitrogens with zero attached hydrogens (tertiary/aromatic N) is 1. The monoisotopic (exact) mass is 338 g/mol. The Morgan fingerprint density at radius 1 is 1.18 bits per heavy atom. The Labute approximate surface area is 134 Å². The number of carbonyl (C=O) groups excluding carboxylic acids is 1. The molecule has 2 aromatic rings. The molecule has 0 aliphatic heterocycles. The summed E-state index contributed by atoms with van der Waals surface area (Å²) in [6, 6.07) is 9.44. The fourth-order valence-corrected chi connectivity index (χ4v) is 3.13. The summed E-state index contributed by atoms with van der Waals surface area (Å²) in [4.78, 5) is 15.8. The van der Waals surface area contributed by atoms with Crippen molar-refractivity contribution < 1.29 is 13.2 Å². The van der Waals surface area contributed by atoms with Gasteiger partial charge in [-0.05, 0) is 42.3 Å². The van der Waals surface area contributed by atoms with E-state index in [2.05, 4.69) is 10.3 Å². The number of aromatic nitrogens is 1. The summed E-state index contributed by atoms with van der Waals surface area (Å²) in [6.07, 6.45) is 3.97. The molecule has 0 aliphatic rings. The van der Waals surface area contributed by atoms with Crippen LogP contribution < -0.4 is 5.32 Å². The molecule has 7 heteroatoms. The Kier molecular flexibility index (Phi) is 5.51. The molecule has 22 heavy (non-hydrogen) atoms. The SMILES string of the molecule is O=C(CS(=O)(=O)c1ccc(Cl)cc1)NCCc1cccnc1. The summed E-state index contributed by atoms with van der Waals surface area (Å²) in [5.74, 6) is -1.11. The molecule has 2 rings (SSSR count). The highest BCUT2D eigenvalue weighted by molar-refractivity contribution is 7.92. The van der Waals surface area contributed by atoms with Crippen molar-refractivity contribution in [2.24, 2.45) is 0 Å². The largest absolute Gasteiger partial charge is 0.355 e. The Morgan fingerprint density at radius 3 is 2.55 bits per heavy atom. The molecular weight excluding hydrogens is 324 g/mol. The van der Waals surface area contributed by atoms with Gasteiger partial charge in [0.1, 0.15) is 5.75 Å². The average molecular weight is 339 g/mol. The van der Waals surface area contributed by atoms with Crippen molar-refractivity contribution in [1.29, 1.82) is 0 Å². The van der Waals surface area contributed by atoms with Gasteiger partial charge in [0.25, 0.3) is 0 Å². The average Bonchev–Trinajstić information content (AvgIpc) is 2.48. The molecule has 0 spiro atoms. The van der Waals surface area contributed by atoms with Gasteiger partial charge in [-0.1, -0.05) is 17.7 Å². The van der Waals surface area contributed by atoms with Gasteiger partial charge in [0.2, 0.25) is 5.91 Å². The highest BCUT2D eigenvalue weighted by Gasteiger charge is 2.18. The highest BCUT2D eigenvalue weighted by Crippen LogP contribution is 2.15. The summed E-state index contributed by atoms with van der Waals surface area (Å²) in [5, 5.41) is 3.04. The zero-order valence-electron chi connectivity index (χ0n) is 11.7. The topological polar surface area (TPSA) is 76.1 Å². The first-order valence-corrected chi connectivity index (χ1v) is 8.64. The van der Waals surface area contributed by atoms with Crippen molar-refractivity contribution in [3.8, 4) is 0 Å². The second kappa shape index (κ2) is 7.38. The summed E-state index contributed by atoms with van der Waals surface area (Å²) in [5.41, 5.74) is 0.975. The van der Waals surface area contributed by atoms with E-state index in [0.29, 0.717) is 18.0 Å². The molecule has 116 valence electrons. The molecule has 0 radical (unpaired) electrons. The quantitative estimate of drug-likeness (QED) is 0.872. The van der Waals surface area contributed by atoms with E-state index in [4.69, 9.17) is 11.6 Å². The minimum atomic E-state index is -3.65. The number of sulfone groups is 1. The number of carbonyl (C=O) groups is 1.